The molecule has 2 rings (SSSR count). The van der Waals surface area contributed by atoms with E-state index in [0.29, 0.717) is 6.04 Å². The van der Waals surface area contributed by atoms with Crippen molar-refractivity contribution in [3.63, 3.8) is 0 Å². The molecule has 1 saturated carbocycles. The van der Waals surface area contributed by atoms with E-state index in [2.05, 4.69) is 5.32 Å². The Bertz CT molecular complexity index is 411. The summed E-state index contributed by atoms with van der Waals surface area (Å²) in [6, 6.07) is 8.19. The van der Waals surface area contributed by atoms with Crippen LogP contribution in [-0.4, -0.2) is 24.2 Å². The Morgan fingerprint density at radius 1 is 1.33 bits per heavy atom. The van der Waals surface area contributed by atoms with Gasteiger partial charge in [-0.05, 0) is 37.8 Å². The molecule has 1 aliphatic rings. The number of hydrogen-bond acceptors (Lipinski definition) is 3. The van der Waals surface area contributed by atoms with E-state index >= 15 is 0 Å². The number of carboxylic acids is 1. The molecule has 0 amide bonds. The molecule has 0 saturated heterocycles. The van der Waals surface area contributed by atoms with Gasteiger partial charge >= 0.3 is 5.97 Å². The third-order valence-electron chi connectivity index (χ3n) is 3.52. The quantitative estimate of drug-likeness (QED) is 0.861. The van der Waals surface area contributed by atoms with Crippen LogP contribution in [0.1, 0.15) is 25.7 Å². The third kappa shape index (κ3) is 3.15. The molecule has 1 aromatic rings. The smallest absolute Gasteiger partial charge is 0.306 e. The zero-order chi connectivity index (χ0) is 13.0. The molecule has 1 fully saturated rings. The zero-order valence-corrected chi connectivity index (χ0v) is 10.6. The number of benzene rings is 1. The number of ether oxygens (including phenoxy) is 1. The second-order valence-corrected chi connectivity index (χ2v) is 4.76. The molecule has 0 bridgehead atoms. The minimum Gasteiger partial charge on any atom is -0.497 e. The van der Waals surface area contributed by atoms with Crippen molar-refractivity contribution in [2.24, 2.45) is 5.92 Å². The standard InChI is InChI=1S/C14H19NO3/c1-18-13-4-2-3-12(9-13)15-11-7-5-10(6-8-11)14(16)17/h2-4,9-11,15H,5-8H2,1H3,(H,16,17). The largest absolute Gasteiger partial charge is 0.497 e. The van der Waals surface area contributed by atoms with Crippen LogP contribution < -0.4 is 10.1 Å². The van der Waals surface area contributed by atoms with Gasteiger partial charge in [-0.25, -0.2) is 0 Å². The third-order valence-corrected chi connectivity index (χ3v) is 3.52. The van der Waals surface area contributed by atoms with Crippen LogP contribution in [0.5, 0.6) is 5.75 Å². The van der Waals surface area contributed by atoms with Gasteiger partial charge < -0.3 is 15.2 Å². The Labute approximate surface area is 107 Å². The van der Waals surface area contributed by atoms with Crippen molar-refractivity contribution in [3.8, 4) is 5.75 Å². The number of methoxy groups -OCH3 is 1. The van der Waals surface area contributed by atoms with Gasteiger partial charge in [0.1, 0.15) is 5.75 Å². The molecule has 0 unspecified atom stereocenters. The van der Waals surface area contributed by atoms with Gasteiger partial charge in [0.2, 0.25) is 0 Å². The summed E-state index contributed by atoms with van der Waals surface area (Å²) in [6.45, 7) is 0. The highest BCUT2D eigenvalue weighted by Gasteiger charge is 2.25. The lowest BCUT2D eigenvalue weighted by atomic mass is 9.86. The number of nitrogens with one attached hydrogen (secondary N) is 1. The Kier molecular flexibility index (Phi) is 4.07. The van der Waals surface area contributed by atoms with Crippen LogP contribution in [-0.2, 0) is 4.79 Å². The van der Waals surface area contributed by atoms with Gasteiger partial charge in [-0.1, -0.05) is 6.07 Å². The number of hydrogen-bond donors (Lipinski definition) is 2. The molecule has 1 aliphatic carbocycles. The molecule has 1 aromatic carbocycles. The maximum atomic E-state index is 10.9. The van der Waals surface area contributed by atoms with E-state index < -0.39 is 5.97 Å². The lowest BCUT2D eigenvalue weighted by Gasteiger charge is -2.27. The summed E-state index contributed by atoms with van der Waals surface area (Å²) in [5.41, 5.74) is 1.04. The fraction of sp³-hybridized carbons (Fsp3) is 0.500. The predicted molar refractivity (Wildman–Crippen MR) is 70.0 cm³/mol. The maximum absolute atomic E-state index is 10.9. The van der Waals surface area contributed by atoms with Gasteiger partial charge in [-0.15, -0.1) is 0 Å². The molecule has 4 nitrogen and oxygen atoms in total. The van der Waals surface area contributed by atoms with Crippen molar-refractivity contribution in [2.75, 3.05) is 12.4 Å². The van der Waals surface area contributed by atoms with E-state index in [1.807, 2.05) is 24.3 Å². The van der Waals surface area contributed by atoms with E-state index in [1.165, 1.54) is 0 Å². The van der Waals surface area contributed by atoms with Crippen LogP contribution in [0.3, 0.4) is 0 Å². The van der Waals surface area contributed by atoms with Crippen molar-refractivity contribution in [2.45, 2.75) is 31.7 Å². The van der Waals surface area contributed by atoms with Crippen molar-refractivity contribution in [3.05, 3.63) is 24.3 Å². The molecule has 98 valence electrons. The molecule has 0 spiro atoms. The Balaban J connectivity index is 1.89. The molecule has 4 heteroatoms. The van der Waals surface area contributed by atoms with Crippen molar-refractivity contribution < 1.29 is 14.6 Å². The second kappa shape index (κ2) is 5.76. The van der Waals surface area contributed by atoms with Crippen molar-refractivity contribution in [1.82, 2.24) is 0 Å². The van der Waals surface area contributed by atoms with Crippen molar-refractivity contribution in [1.29, 1.82) is 0 Å². The summed E-state index contributed by atoms with van der Waals surface area (Å²) in [5.74, 6) is 0.0161. The SMILES string of the molecule is COc1cccc(NC2CCC(C(=O)O)CC2)c1. The highest BCUT2D eigenvalue weighted by molar-refractivity contribution is 5.70. The van der Waals surface area contributed by atoms with E-state index in [0.717, 1.165) is 37.1 Å². The topological polar surface area (TPSA) is 58.6 Å². The number of aliphatic carboxylic acids is 1. The molecule has 0 aliphatic heterocycles. The van der Waals surface area contributed by atoms with E-state index in [1.54, 1.807) is 7.11 Å². The minimum absolute atomic E-state index is 0.159. The molecule has 0 heterocycles. The predicted octanol–water partition coefficient (Wildman–Crippen LogP) is 2.75. The Hall–Kier alpha value is -1.71. The summed E-state index contributed by atoms with van der Waals surface area (Å²) in [6.07, 6.45) is 3.34. The first-order valence-electron chi connectivity index (χ1n) is 6.32. The molecule has 0 radical (unpaired) electrons. The Morgan fingerprint density at radius 3 is 2.67 bits per heavy atom. The van der Waals surface area contributed by atoms with Crippen molar-refractivity contribution >= 4 is 11.7 Å². The molecule has 2 N–H and O–H groups in total. The fourth-order valence-electron chi connectivity index (χ4n) is 2.43. The number of carbonyl (C=O) groups is 1. The monoisotopic (exact) mass is 249 g/mol. The lowest BCUT2D eigenvalue weighted by Crippen LogP contribution is -2.29. The number of carboxylic acid groups (broad SMARTS) is 1. The van der Waals surface area contributed by atoms with Crippen LogP contribution in [0.2, 0.25) is 0 Å². The highest BCUT2D eigenvalue weighted by Crippen LogP contribution is 2.27. The average molecular weight is 249 g/mol. The first kappa shape index (κ1) is 12.7. The number of anilines is 1. The maximum Gasteiger partial charge on any atom is 0.306 e. The summed E-state index contributed by atoms with van der Waals surface area (Å²) >= 11 is 0. The van der Waals surface area contributed by atoms with E-state index in [4.69, 9.17) is 9.84 Å². The summed E-state index contributed by atoms with van der Waals surface area (Å²) < 4.78 is 5.17. The molecular weight excluding hydrogens is 230 g/mol. The van der Waals surface area contributed by atoms with Gasteiger partial charge in [0, 0.05) is 17.8 Å². The van der Waals surface area contributed by atoms with Gasteiger partial charge in [-0.3, -0.25) is 4.79 Å². The van der Waals surface area contributed by atoms with E-state index in [-0.39, 0.29) is 5.92 Å². The zero-order valence-electron chi connectivity index (χ0n) is 10.6. The van der Waals surface area contributed by atoms with Gasteiger partial charge in [-0.2, -0.15) is 0 Å². The highest BCUT2D eigenvalue weighted by atomic mass is 16.5. The second-order valence-electron chi connectivity index (χ2n) is 4.76. The van der Waals surface area contributed by atoms with Crippen LogP contribution in [0, 0.1) is 5.92 Å². The molecule has 0 aromatic heterocycles. The number of rotatable bonds is 4. The van der Waals surface area contributed by atoms with Crippen LogP contribution in [0.4, 0.5) is 5.69 Å². The van der Waals surface area contributed by atoms with Crippen LogP contribution in [0.15, 0.2) is 24.3 Å². The van der Waals surface area contributed by atoms with E-state index in [9.17, 15) is 4.79 Å². The van der Waals surface area contributed by atoms with Gasteiger partial charge in [0.25, 0.3) is 0 Å². The first-order valence-corrected chi connectivity index (χ1v) is 6.32. The summed E-state index contributed by atoms with van der Waals surface area (Å²) in [5, 5.41) is 12.4. The minimum atomic E-state index is -0.658. The average Bonchev–Trinajstić information content (AvgIpc) is 2.39. The molecule has 0 atom stereocenters. The van der Waals surface area contributed by atoms with Crippen LogP contribution in [0.25, 0.3) is 0 Å². The van der Waals surface area contributed by atoms with Gasteiger partial charge in [0.05, 0.1) is 13.0 Å². The summed E-state index contributed by atoms with van der Waals surface area (Å²) in [4.78, 5) is 10.9. The lowest BCUT2D eigenvalue weighted by molar-refractivity contribution is -0.142. The van der Waals surface area contributed by atoms with Crippen LogP contribution >= 0.6 is 0 Å². The molecule has 18 heavy (non-hydrogen) atoms. The fourth-order valence-corrected chi connectivity index (χ4v) is 2.43. The molecular formula is C14H19NO3. The summed E-state index contributed by atoms with van der Waals surface area (Å²) in [7, 11) is 1.65. The Morgan fingerprint density at radius 2 is 2.06 bits per heavy atom. The van der Waals surface area contributed by atoms with Gasteiger partial charge in [0.15, 0.2) is 0 Å². The first-order chi connectivity index (χ1) is 8.69. The normalized spacial score (nSPS) is 23.4.